The first-order valence-corrected chi connectivity index (χ1v) is 8.80. The van der Waals surface area contributed by atoms with E-state index >= 15 is 0 Å². The van der Waals surface area contributed by atoms with Crippen molar-refractivity contribution in [3.63, 3.8) is 0 Å². The van der Waals surface area contributed by atoms with E-state index in [4.69, 9.17) is 10.5 Å². The second kappa shape index (κ2) is 8.58. The zero-order chi connectivity index (χ0) is 17.5. The van der Waals surface area contributed by atoms with Gasteiger partial charge in [0.2, 0.25) is 0 Å². The zero-order valence-corrected chi connectivity index (χ0v) is 14.3. The van der Waals surface area contributed by atoms with Crippen LogP contribution in [0, 0.1) is 0 Å². The maximum Gasteiger partial charge on any atom is 0.251 e. The molecule has 0 radical (unpaired) electrons. The number of nitrogens with one attached hydrogen (secondary N) is 1. The Morgan fingerprint density at radius 1 is 1.20 bits per heavy atom. The van der Waals surface area contributed by atoms with Crippen LogP contribution in [0.3, 0.4) is 0 Å². The van der Waals surface area contributed by atoms with Gasteiger partial charge in [-0.25, -0.2) is 4.98 Å². The first-order valence-electron chi connectivity index (χ1n) is 8.80. The van der Waals surface area contributed by atoms with Crippen molar-refractivity contribution < 1.29 is 9.53 Å². The number of hydrogen-bond acceptors (Lipinski definition) is 5. The van der Waals surface area contributed by atoms with Crippen LogP contribution in [-0.2, 0) is 4.74 Å². The van der Waals surface area contributed by atoms with Gasteiger partial charge in [-0.05, 0) is 44.2 Å². The van der Waals surface area contributed by atoms with E-state index in [0.29, 0.717) is 24.0 Å². The summed E-state index contributed by atoms with van der Waals surface area (Å²) >= 11 is 0. The molecule has 0 spiro atoms. The predicted molar refractivity (Wildman–Crippen MR) is 97.0 cm³/mol. The third-order valence-electron chi connectivity index (χ3n) is 4.38. The molecule has 1 saturated heterocycles. The first kappa shape index (κ1) is 17.4. The fraction of sp³-hybridized carbons (Fsp3) is 0.421. The average molecular weight is 340 g/mol. The molecule has 1 aromatic carbocycles. The number of benzene rings is 1. The predicted octanol–water partition coefficient (Wildman–Crippen LogP) is 2.80. The normalized spacial score (nSPS) is 16.7. The molecule has 6 nitrogen and oxygen atoms in total. The summed E-state index contributed by atoms with van der Waals surface area (Å²) in [5.74, 6) is 0.339. The van der Waals surface area contributed by atoms with E-state index in [-0.39, 0.29) is 5.91 Å². The monoisotopic (exact) mass is 340 g/mol. The fourth-order valence-electron chi connectivity index (χ4n) is 2.95. The number of carbonyl (C=O) groups is 1. The third kappa shape index (κ3) is 5.00. The Kier molecular flexibility index (Phi) is 5.95. The quantitative estimate of drug-likeness (QED) is 0.757. The van der Waals surface area contributed by atoms with Crippen molar-refractivity contribution in [3.8, 4) is 11.3 Å². The molecule has 3 N–H and O–H groups in total. The number of hydrogen-bond donors (Lipinski definition) is 2. The summed E-state index contributed by atoms with van der Waals surface area (Å²) in [6.45, 7) is 1.59. The molecule has 2 aromatic rings. The van der Waals surface area contributed by atoms with E-state index in [2.05, 4.69) is 15.3 Å². The van der Waals surface area contributed by atoms with Crippen LogP contribution in [0.1, 0.15) is 42.5 Å². The molecule has 1 unspecified atom stereocenters. The smallest absolute Gasteiger partial charge is 0.251 e. The minimum absolute atomic E-state index is 0.0490. The number of nitrogens with zero attached hydrogens (tertiary/aromatic N) is 2. The summed E-state index contributed by atoms with van der Waals surface area (Å²) in [5, 5.41) is 2.97. The summed E-state index contributed by atoms with van der Waals surface area (Å²) in [7, 11) is 0. The largest absolute Gasteiger partial charge is 0.382 e. The van der Waals surface area contributed by atoms with Crippen LogP contribution in [0.15, 0.2) is 36.7 Å². The van der Waals surface area contributed by atoms with Crippen LogP contribution in [0.5, 0.6) is 0 Å². The van der Waals surface area contributed by atoms with Crippen molar-refractivity contribution in [2.24, 2.45) is 0 Å². The molecule has 2 heterocycles. The number of amides is 1. The van der Waals surface area contributed by atoms with Crippen LogP contribution in [0.4, 0.5) is 5.82 Å². The van der Waals surface area contributed by atoms with Gasteiger partial charge in [-0.1, -0.05) is 12.1 Å². The maximum atomic E-state index is 12.2. The summed E-state index contributed by atoms with van der Waals surface area (Å²) in [5.41, 5.74) is 7.82. The van der Waals surface area contributed by atoms with E-state index < -0.39 is 0 Å². The van der Waals surface area contributed by atoms with Gasteiger partial charge in [0.1, 0.15) is 5.82 Å². The number of rotatable bonds is 7. The third-order valence-corrected chi connectivity index (χ3v) is 4.38. The van der Waals surface area contributed by atoms with Crippen molar-refractivity contribution >= 4 is 11.7 Å². The number of anilines is 1. The standard InChI is InChI=1S/C19H24N4O2/c20-18-13-22-17(12-23-18)14-6-8-15(9-7-14)19(24)21-10-2-1-4-16-5-3-11-25-16/h6-9,12-13,16H,1-5,10-11H2,(H2,20,23)(H,21,24). The summed E-state index contributed by atoms with van der Waals surface area (Å²) < 4.78 is 5.60. The first-order chi connectivity index (χ1) is 12.2. The molecule has 0 aliphatic carbocycles. The van der Waals surface area contributed by atoms with Gasteiger partial charge in [-0.3, -0.25) is 9.78 Å². The second-order valence-corrected chi connectivity index (χ2v) is 6.29. The Labute approximate surface area is 147 Å². The van der Waals surface area contributed by atoms with Crippen molar-refractivity contribution in [2.75, 3.05) is 18.9 Å². The van der Waals surface area contributed by atoms with Crippen LogP contribution < -0.4 is 11.1 Å². The van der Waals surface area contributed by atoms with Gasteiger partial charge in [-0.2, -0.15) is 0 Å². The Bertz CT molecular complexity index is 680. The molecule has 1 aliphatic rings. The Hall–Kier alpha value is -2.47. The minimum atomic E-state index is -0.0490. The zero-order valence-electron chi connectivity index (χ0n) is 14.3. The number of carbonyl (C=O) groups excluding carboxylic acids is 1. The van der Waals surface area contributed by atoms with E-state index in [1.54, 1.807) is 18.3 Å². The average Bonchev–Trinajstić information content (AvgIpc) is 3.15. The highest BCUT2D eigenvalue weighted by Gasteiger charge is 2.14. The molecule has 1 aromatic heterocycles. The molecule has 25 heavy (non-hydrogen) atoms. The van der Waals surface area contributed by atoms with Gasteiger partial charge in [0, 0.05) is 24.3 Å². The number of nitrogens with two attached hydrogens (primary N) is 1. The van der Waals surface area contributed by atoms with Gasteiger partial charge >= 0.3 is 0 Å². The molecule has 132 valence electrons. The molecule has 1 atom stereocenters. The molecular weight excluding hydrogens is 316 g/mol. The summed E-state index contributed by atoms with van der Waals surface area (Å²) in [6, 6.07) is 7.34. The Morgan fingerprint density at radius 2 is 2.04 bits per heavy atom. The highest BCUT2D eigenvalue weighted by molar-refractivity contribution is 5.94. The van der Waals surface area contributed by atoms with Gasteiger partial charge in [0.15, 0.2) is 0 Å². The molecular formula is C19H24N4O2. The molecule has 6 heteroatoms. The lowest BCUT2D eigenvalue weighted by molar-refractivity contribution is 0.0947. The highest BCUT2D eigenvalue weighted by Crippen LogP contribution is 2.18. The van der Waals surface area contributed by atoms with Crippen molar-refractivity contribution in [1.29, 1.82) is 0 Å². The number of unbranched alkanes of at least 4 members (excludes halogenated alkanes) is 1. The minimum Gasteiger partial charge on any atom is -0.382 e. The molecule has 1 fully saturated rings. The SMILES string of the molecule is Nc1cnc(-c2ccc(C(=O)NCCCCC3CCCO3)cc2)cn1. The number of ether oxygens (including phenoxy) is 1. The van der Waals surface area contributed by atoms with Crippen molar-refractivity contribution in [2.45, 2.75) is 38.2 Å². The van der Waals surface area contributed by atoms with Gasteiger partial charge in [0.25, 0.3) is 5.91 Å². The molecule has 0 bridgehead atoms. The molecule has 0 saturated carbocycles. The second-order valence-electron chi connectivity index (χ2n) is 6.29. The lowest BCUT2D eigenvalue weighted by Gasteiger charge is -2.09. The topological polar surface area (TPSA) is 90.1 Å². The van der Waals surface area contributed by atoms with Crippen LogP contribution in [0.25, 0.3) is 11.3 Å². The van der Waals surface area contributed by atoms with Crippen LogP contribution in [-0.4, -0.2) is 35.1 Å². The summed E-state index contributed by atoms with van der Waals surface area (Å²) in [6.07, 6.45) is 9.08. The lowest BCUT2D eigenvalue weighted by atomic mass is 10.1. The molecule has 1 aliphatic heterocycles. The maximum absolute atomic E-state index is 12.2. The van der Waals surface area contributed by atoms with E-state index in [9.17, 15) is 4.79 Å². The van der Waals surface area contributed by atoms with Crippen LogP contribution in [0.2, 0.25) is 0 Å². The van der Waals surface area contributed by atoms with Crippen molar-refractivity contribution in [3.05, 3.63) is 42.2 Å². The molecule has 1 amide bonds. The van der Waals surface area contributed by atoms with Crippen LogP contribution >= 0.6 is 0 Å². The number of nitrogen functional groups attached to an aromatic ring is 1. The Morgan fingerprint density at radius 3 is 2.72 bits per heavy atom. The van der Waals surface area contributed by atoms with Gasteiger partial charge in [-0.15, -0.1) is 0 Å². The molecule has 3 rings (SSSR count). The highest BCUT2D eigenvalue weighted by atomic mass is 16.5. The lowest BCUT2D eigenvalue weighted by Crippen LogP contribution is -2.24. The van der Waals surface area contributed by atoms with Gasteiger partial charge < -0.3 is 15.8 Å². The van der Waals surface area contributed by atoms with Crippen molar-refractivity contribution in [1.82, 2.24) is 15.3 Å². The van der Waals surface area contributed by atoms with E-state index in [1.165, 1.54) is 19.0 Å². The number of aromatic nitrogens is 2. The van der Waals surface area contributed by atoms with Gasteiger partial charge in [0.05, 0.1) is 24.2 Å². The van der Waals surface area contributed by atoms with E-state index in [0.717, 1.165) is 37.1 Å². The van der Waals surface area contributed by atoms with E-state index in [1.807, 2.05) is 12.1 Å². The fourth-order valence-corrected chi connectivity index (χ4v) is 2.95. The summed E-state index contributed by atoms with van der Waals surface area (Å²) in [4.78, 5) is 20.4. The Balaban J connectivity index is 1.43.